The van der Waals surface area contributed by atoms with Gasteiger partial charge in [-0.3, -0.25) is 14.7 Å². The first-order chi connectivity index (χ1) is 11.6. The van der Waals surface area contributed by atoms with Crippen molar-refractivity contribution in [1.82, 2.24) is 9.88 Å². The minimum Gasteiger partial charge on any atom is -0.369 e. The van der Waals surface area contributed by atoms with Crippen molar-refractivity contribution in [3.63, 3.8) is 0 Å². The van der Waals surface area contributed by atoms with E-state index in [0.29, 0.717) is 6.42 Å². The molecule has 3 heterocycles. The van der Waals surface area contributed by atoms with Crippen molar-refractivity contribution in [1.29, 1.82) is 0 Å². The van der Waals surface area contributed by atoms with Crippen LogP contribution < -0.4 is 10.7 Å². The Balaban J connectivity index is 2.08. The van der Waals surface area contributed by atoms with E-state index in [0.717, 1.165) is 29.5 Å². The highest BCUT2D eigenvalue weighted by Gasteiger charge is 2.48. The number of hydrogen-bond acceptors (Lipinski definition) is 4. The molecular weight excluding hydrogens is 302 g/mol. The number of aliphatic imine (C=N–C) groups is 1. The lowest BCUT2D eigenvalue weighted by atomic mass is 9.85. The van der Waals surface area contributed by atoms with Gasteiger partial charge in [-0.05, 0) is 18.6 Å². The minimum atomic E-state index is -0.941. The molecule has 0 aliphatic carbocycles. The number of nitrogens with one attached hydrogen (secondary N) is 1. The van der Waals surface area contributed by atoms with Gasteiger partial charge in [0.15, 0.2) is 23.9 Å². The van der Waals surface area contributed by atoms with Gasteiger partial charge in [0.25, 0.3) is 5.91 Å². The number of nitrogens with zero attached hydrogens (tertiary/aromatic N) is 3. The van der Waals surface area contributed by atoms with Crippen LogP contribution in [0.4, 0.5) is 0 Å². The molecule has 24 heavy (non-hydrogen) atoms. The molecule has 0 spiro atoms. The standard InChI is InChI=1S/C18H21N5O/c1-3-4-7-18(16(24)23(2)17(19)22-18)15-9-14(11-21-12-15)13-6-5-8-20-10-13/h5-6,8-12H,3-4,7H2,1-2H3,(H2,19,22)/p+1. The van der Waals surface area contributed by atoms with Crippen LogP contribution in [0.15, 0.2) is 48.0 Å². The number of carbonyl (C=O) groups is 1. The second kappa shape index (κ2) is 6.39. The zero-order valence-corrected chi connectivity index (χ0v) is 14.0. The van der Waals surface area contributed by atoms with E-state index in [9.17, 15) is 4.79 Å². The van der Waals surface area contributed by atoms with Crippen molar-refractivity contribution in [3.8, 4) is 11.1 Å². The summed E-state index contributed by atoms with van der Waals surface area (Å²) in [4.78, 5) is 26.2. The number of carbonyl (C=O) groups excluding carboxylic acids is 1. The van der Waals surface area contributed by atoms with Crippen LogP contribution in [0.3, 0.4) is 0 Å². The third-order valence-corrected chi connectivity index (χ3v) is 4.46. The Hall–Kier alpha value is -2.76. The molecule has 6 nitrogen and oxygen atoms in total. The monoisotopic (exact) mass is 324 g/mol. The maximum atomic E-state index is 12.9. The Morgan fingerprint density at radius 2 is 2.17 bits per heavy atom. The first-order valence-electron chi connectivity index (χ1n) is 8.14. The first kappa shape index (κ1) is 16.1. The van der Waals surface area contributed by atoms with Crippen LogP contribution in [0.5, 0.6) is 0 Å². The molecule has 1 aliphatic rings. The number of H-pyrrole nitrogens is 1. The molecule has 6 heteroatoms. The van der Waals surface area contributed by atoms with Crippen molar-refractivity contribution in [3.05, 3.63) is 48.5 Å². The Morgan fingerprint density at radius 3 is 2.79 bits per heavy atom. The van der Waals surface area contributed by atoms with Gasteiger partial charge in [0.1, 0.15) is 0 Å². The van der Waals surface area contributed by atoms with Crippen LogP contribution in [-0.4, -0.2) is 28.8 Å². The van der Waals surface area contributed by atoms with Gasteiger partial charge in [-0.2, -0.15) is 0 Å². The fourth-order valence-electron chi connectivity index (χ4n) is 3.04. The van der Waals surface area contributed by atoms with Crippen molar-refractivity contribution in [2.24, 2.45) is 10.7 Å². The van der Waals surface area contributed by atoms with Crippen molar-refractivity contribution in [2.75, 3.05) is 7.05 Å². The Labute approximate surface area is 141 Å². The second-order valence-corrected chi connectivity index (χ2v) is 6.05. The average molecular weight is 324 g/mol. The average Bonchev–Trinajstić information content (AvgIpc) is 2.85. The molecule has 2 aromatic heterocycles. The van der Waals surface area contributed by atoms with Crippen LogP contribution in [0.2, 0.25) is 0 Å². The summed E-state index contributed by atoms with van der Waals surface area (Å²) in [7, 11) is 1.67. The second-order valence-electron chi connectivity index (χ2n) is 6.05. The first-order valence-corrected chi connectivity index (χ1v) is 8.14. The summed E-state index contributed by atoms with van der Waals surface area (Å²) in [6.45, 7) is 2.10. The lowest BCUT2D eigenvalue weighted by Crippen LogP contribution is -2.40. The number of aromatic nitrogens is 2. The molecule has 0 aromatic carbocycles. The highest BCUT2D eigenvalue weighted by Crippen LogP contribution is 2.37. The summed E-state index contributed by atoms with van der Waals surface area (Å²) in [5, 5.41) is 0. The molecular formula is C18H22N5O+. The number of guanidine groups is 1. The van der Waals surface area contributed by atoms with Crippen LogP contribution in [0.25, 0.3) is 11.1 Å². The van der Waals surface area contributed by atoms with Gasteiger partial charge in [0, 0.05) is 30.6 Å². The zero-order valence-electron chi connectivity index (χ0n) is 14.0. The van der Waals surface area contributed by atoms with Crippen molar-refractivity contribution >= 4 is 11.9 Å². The number of pyridine rings is 2. The summed E-state index contributed by atoms with van der Waals surface area (Å²) < 4.78 is 0. The smallest absolute Gasteiger partial charge is 0.261 e. The third kappa shape index (κ3) is 2.64. The fourth-order valence-corrected chi connectivity index (χ4v) is 3.04. The Bertz CT molecular complexity index is 774. The molecule has 0 saturated carbocycles. The minimum absolute atomic E-state index is 0.0785. The highest BCUT2D eigenvalue weighted by atomic mass is 16.2. The van der Waals surface area contributed by atoms with Crippen LogP contribution in [0.1, 0.15) is 31.7 Å². The topological polar surface area (TPSA) is 85.7 Å². The molecule has 124 valence electrons. The van der Waals surface area contributed by atoms with E-state index in [4.69, 9.17) is 5.73 Å². The number of likely N-dealkylation sites (N-methyl/N-ethyl adjacent to an activating group) is 1. The van der Waals surface area contributed by atoms with E-state index in [2.05, 4.69) is 21.9 Å². The molecule has 3 rings (SSSR count). The molecule has 0 radical (unpaired) electrons. The van der Waals surface area contributed by atoms with Crippen LogP contribution >= 0.6 is 0 Å². The highest BCUT2D eigenvalue weighted by molar-refractivity contribution is 6.06. The quantitative estimate of drug-likeness (QED) is 0.909. The number of hydrogen-bond donors (Lipinski definition) is 1. The summed E-state index contributed by atoms with van der Waals surface area (Å²) in [6, 6.07) is 5.87. The van der Waals surface area contributed by atoms with Gasteiger partial charge in [-0.1, -0.05) is 25.8 Å². The number of unbranched alkanes of at least 4 members (excludes halogenated alkanes) is 1. The molecule has 2 aromatic rings. The predicted molar refractivity (Wildman–Crippen MR) is 91.8 cm³/mol. The van der Waals surface area contributed by atoms with Crippen molar-refractivity contribution < 1.29 is 9.78 Å². The van der Waals surface area contributed by atoms with E-state index in [1.807, 2.05) is 30.6 Å². The van der Waals surface area contributed by atoms with Gasteiger partial charge in [0.2, 0.25) is 0 Å². The van der Waals surface area contributed by atoms with Gasteiger partial charge in [-0.15, -0.1) is 0 Å². The lowest BCUT2D eigenvalue weighted by Gasteiger charge is -2.24. The van der Waals surface area contributed by atoms with E-state index in [1.54, 1.807) is 19.4 Å². The summed E-state index contributed by atoms with van der Waals surface area (Å²) >= 11 is 0. The van der Waals surface area contributed by atoms with Gasteiger partial charge < -0.3 is 5.73 Å². The summed E-state index contributed by atoms with van der Waals surface area (Å²) in [5.74, 6) is 0.188. The van der Waals surface area contributed by atoms with E-state index in [1.165, 1.54) is 4.90 Å². The van der Waals surface area contributed by atoms with E-state index >= 15 is 0 Å². The number of aromatic amines is 1. The number of amides is 1. The van der Waals surface area contributed by atoms with Gasteiger partial charge in [0.05, 0.1) is 5.56 Å². The number of nitrogens with two attached hydrogens (primary N) is 1. The molecule has 3 N–H and O–H groups in total. The Kier molecular flexibility index (Phi) is 4.29. The molecule has 1 amide bonds. The predicted octanol–water partition coefficient (Wildman–Crippen LogP) is 1.73. The molecule has 1 atom stereocenters. The van der Waals surface area contributed by atoms with Gasteiger partial charge in [-0.25, -0.2) is 9.98 Å². The largest absolute Gasteiger partial charge is 0.369 e. The maximum Gasteiger partial charge on any atom is 0.261 e. The van der Waals surface area contributed by atoms with Crippen LogP contribution in [0, 0.1) is 0 Å². The molecule has 1 unspecified atom stereocenters. The maximum absolute atomic E-state index is 12.9. The molecule has 0 saturated heterocycles. The van der Waals surface area contributed by atoms with Gasteiger partial charge >= 0.3 is 0 Å². The van der Waals surface area contributed by atoms with E-state index < -0.39 is 5.54 Å². The SMILES string of the molecule is CCCCC1(c2c[nH+]cc(-c3cccnc3)c2)N=C(N)N(C)C1=O. The molecule has 0 fully saturated rings. The number of rotatable bonds is 5. The normalized spacial score (nSPS) is 20.3. The summed E-state index contributed by atoms with van der Waals surface area (Å²) in [6.07, 6.45) is 9.78. The van der Waals surface area contributed by atoms with Crippen molar-refractivity contribution in [2.45, 2.75) is 31.7 Å². The fraction of sp³-hybridized carbons (Fsp3) is 0.333. The summed E-state index contributed by atoms with van der Waals surface area (Å²) in [5.41, 5.74) is 7.77. The molecule has 0 bridgehead atoms. The lowest BCUT2D eigenvalue weighted by molar-refractivity contribution is -0.378. The third-order valence-electron chi connectivity index (χ3n) is 4.46. The molecule has 1 aliphatic heterocycles. The van der Waals surface area contributed by atoms with Crippen LogP contribution in [-0.2, 0) is 10.3 Å². The Morgan fingerprint density at radius 1 is 1.33 bits per heavy atom. The zero-order chi connectivity index (χ0) is 17.2. The van der Waals surface area contributed by atoms with E-state index in [-0.39, 0.29) is 11.9 Å².